The molecule has 0 bridgehead atoms. The first-order chi connectivity index (χ1) is 15.9. The van der Waals surface area contributed by atoms with E-state index in [1.165, 1.54) is 23.1 Å². The van der Waals surface area contributed by atoms with Crippen LogP contribution in [0.4, 0.5) is 13.2 Å². The van der Waals surface area contributed by atoms with Gasteiger partial charge in [0.15, 0.2) is 0 Å². The smallest absolute Gasteiger partial charge is 0.337 e. The van der Waals surface area contributed by atoms with Crippen LogP contribution in [-0.4, -0.2) is 37.0 Å². The maximum atomic E-state index is 15.4. The van der Waals surface area contributed by atoms with Crippen LogP contribution in [0.5, 0.6) is 0 Å². The largest absolute Gasteiger partial charge is 0.350 e. The monoisotopic (exact) mass is 452 g/mol. The first kappa shape index (κ1) is 22.0. The minimum absolute atomic E-state index is 0.0748. The number of carbonyl (C=O) groups excluding carboxylic acids is 1. The molecule has 2 saturated heterocycles. The van der Waals surface area contributed by atoms with Gasteiger partial charge in [-0.05, 0) is 59.7 Å². The van der Waals surface area contributed by atoms with Crippen molar-refractivity contribution in [1.82, 2.24) is 10.2 Å². The van der Waals surface area contributed by atoms with Crippen LogP contribution in [0.3, 0.4) is 0 Å². The Labute approximate surface area is 191 Å². The Balaban J connectivity index is 1.36. The standard InChI is InChI=1S/C27H27F3N2O/c28-21-10-8-20(9-11-21)24-18-31-15-12-26(24)13-16-32(17-14-26)25(33)27(29,30)23-7-3-5-19-4-1-2-6-22(19)23/h1-11,24,31H,12-18H2/t24-/m0/s1. The average molecular weight is 453 g/mol. The molecule has 3 nitrogen and oxygen atoms in total. The fourth-order valence-corrected chi connectivity index (χ4v) is 5.71. The Morgan fingerprint density at radius 3 is 2.39 bits per heavy atom. The fourth-order valence-electron chi connectivity index (χ4n) is 5.71. The highest BCUT2D eigenvalue weighted by Gasteiger charge is 2.49. The number of nitrogens with zero attached hydrogens (tertiary/aromatic N) is 1. The van der Waals surface area contributed by atoms with Crippen LogP contribution in [0.15, 0.2) is 66.7 Å². The van der Waals surface area contributed by atoms with Gasteiger partial charge in [-0.15, -0.1) is 0 Å². The Kier molecular flexibility index (Phi) is 5.65. The number of nitrogens with one attached hydrogen (secondary N) is 1. The number of halogens is 3. The summed E-state index contributed by atoms with van der Waals surface area (Å²) in [6.07, 6.45) is 2.24. The summed E-state index contributed by atoms with van der Waals surface area (Å²) in [5.74, 6) is -4.81. The normalized spacial score (nSPS) is 20.8. The summed E-state index contributed by atoms with van der Waals surface area (Å²) in [7, 11) is 0. The molecule has 2 aliphatic rings. The second kappa shape index (κ2) is 8.49. The number of amides is 1. The summed E-state index contributed by atoms with van der Waals surface area (Å²) in [4.78, 5) is 14.4. The summed E-state index contributed by atoms with van der Waals surface area (Å²) in [6, 6.07) is 18.2. The van der Waals surface area contributed by atoms with E-state index in [9.17, 15) is 9.18 Å². The lowest BCUT2D eigenvalue weighted by atomic mass is 9.62. The second-order valence-electron chi connectivity index (χ2n) is 9.31. The molecule has 2 heterocycles. The SMILES string of the molecule is O=C(N1CCC2(CCNC[C@H]2c2ccc(F)cc2)CC1)C(F)(F)c1cccc2ccccc12. The molecule has 0 aliphatic carbocycles. The second-order valence-corrected chi connectivity index (χ2v) is 9.31. The van der Waals surface area contributed by atoms with Crippen molar-refractivity contribution in [2.45, 2.75) is 31.1 Å². The Morgan fingerprint density at radius 2 is 1.64 bits per heavy atom. The third kappa shape index (κ3) is 3.90. The third-order valence-electron chi connectivity index (χ3n) is 7.60. The van der Waals surface area contributed by atoms with Crippen LogP contribution < -0.4 is 5.32 Å². The predicted octanol–water partition coefficient (Wildman–Crippen LogP) is 5.46. The van der Waals surface area contributed by atoms with Crippen LogP contribution in [0.2, 0.25) is 0 Å². The summed E-state index contributed by atoms with van der Waals surface area (Å²) in [5.41, 5.74) is 0.746. The van der Waals surface area contributed by atoms with Crippen LogP contribution in [0.25, 0.3) is 10.8 Å². The lowest BCUT2D eigenvalue weighted by Gasteiger charge is -2.50. The van der Waals surface area contributed by atoms with Crippen molar-refractivity contribution < 1.29 is 18.0 Å². The van der Waals surface area contributed by atoms with Crippen molar-refractivity contribution >= 4 is 16.7 Å². The molecule has 2 fully saturated rings. The molecule has 5 rings (SSSR count). The van der Waals surface area contributed by atoms with Gasteiger partial charge in [0.2, 0.25) is 0 Å². The van der Waals surface area contributed by atoms with E-state index in [1.54, 1.807) is 36.4 Å². The van der Waals surface area contributed by atoms with Gasteiger partial charge >= 0.3 is 5.92 Å². The summed E-state index contributed by atoms with van der Waals surface area (Å²) in [5, 5.41) is 4.52. The van der Waals surface area contributed by atoms with E-state index < -0.39 is 11.8 Å². The van der Waals surface area contributed by atoms with Crippen molar-refractivity contribution in [1.29, 1.82) is 0 Å². The van der Waals surface area contributed by atoms with Crippen molar-refractivity contribution in [2.75, 3.05) is 26.2 Å². The minimum atomic E-state index is -3.59. The number of piperidine rings is 2. The molecule has 3 aromatic carbocycles. The van der Waals surface area contributed by atoms with Gasteiger partial charge in [-0.1, -0.05) is 54.6 Å². The molecule has 0 radical (unpaired) electrons. The van der Waals surface area contributed by atoms with E-state index >= 15 is 8.78 Å². The van der Waals surface area contributed by atoms with Gasteiger partial charge in [-0.2, -0.15) is 8.78 Å². The molecular weight excluding hydrogens is 425 g/mol. The number of carbonyl (C=O) groups is 1. The lowest BCUT2D eigenvalue weighted by Crippen LogP contribution is -2.53. The van der Waals surface area contributed by atoms with E-state index in [-0.39, 0.29) is 22.7 Å². The predicted molar refractivity (Wildman–Crippen MR) is 123 cm³/mol. The molecule has 2 aliphatic heterocycles. The quantitative estimate of drug-likeness (QED) is 0.573. The minimum Gasteiger partial charge on any atom is -0.337 e. The average Bonchev–Trinajstić information content (AvgIpc) is 2.85. The van der Waals surface area contributed by atoms with Gasteiger partial charge in [0.25, 0.3) is 5.91 Å². The van der Waals surface area contributed by atoms with E-state index in [4.69, 9.17) is 0 Å². The Hall–Kier alpha value is -2.86. The van der Waals surface area contributed by atoms with Crippen LogP contribution >= 0.6 is 0 Å². The lowest BCUT2D eigenvalue weighted by molar-refractivity contribution is -0.161. The molecule has 6 heteroatoms. The van der Waals surface area contributed by atoms with Gasteiger partial charge in [0, 0.05) is 31.1 Å². The first-order valence-corrected chi connectivity index (χ1v) is 11.5. The molecule has 0 unspecified atom stereocenters. The van der Waals surface area contributed by atoms with E-state index in [0.717, 1.165) is 25.1 Å². The van der Waals surface area contributed by atoms with Crippen molar-refractivity contribution in [3.8, 4) is 0 Å². The third-order valence-corrected chi connectivity index (χ3v) is 7.60. The molecule has 33 heavy (non-hydrogen) atoms. The summed E-state index contributed by atoms with van der Waals surface area (Å²) < 4.78 is 44.3. The maximum Gasteiger partial charge on any atom is 0.350 e. The molecule has 3 aromatic rings. The highest BCUT2D eigenvalue weighted by Crippen LogP contribution is 2.49. The van der Waals surface area contributed by atoms with Crippen LogP contribution in [0.1, 0.15) is 36.3 Å². The first-order valence-electron chi connectivity index (χ1n) is 11.5. The van der Waals surface area contributed by atoms with Gasteiger partial charge in [-0.25, -0.2) is 4.39 Å². The molecule has 0 aromatic heterocycles. The molecule has 172 valence electrons. The molecular formula is C27H27F3N2O. The molecule has 0 saturated carbocycles. The van der Waals surface area contributed by atoms with Crippen LogP contribution in [-0.2, 0) is 10.7 Å². The van der Waals surface area contributed by atoms with E-state index in [0.29, 0.717) is 36.7 Å². The molecule has 1 atom stereocenters. The number of rotatable bonds is 3. The number of benzene rings is 3. The number of fused-ring (bicyclic) bond motifs is 1. The zero-order chi connectivity index (χ0) is 23.1. The van der Waals surface area contributed by atoms with Gasteiger partial charge in [0.1, 0.15) is 5.82 Å². The van der Waals surface area contributed by atoms with Crippen LogP contribution in [0, 0.1) is 11.2 Å². The van der Waals surface area contributed by atoms with Crippen molar-refractivity contribution in [3.63, 3.8) is 0 Å². The summed E-state index contributed by atoms with van der Waals surface area (Å²) in [6.45, 7) is 2.23. The van der Waals surface area contributed by atoms with Gasteiger partial charge in [-0.3, -0.25) is 4.79 Å². The van der Waals surface area contributed by atoms with Gasteiger partial charge in [0.05, 0.1) is 0 Å². The summed E-state index contributed by atoms with van der Waals surface area (Å²) >= 11 is 0. The molecule has 1 spiro atoms. The Morgan fingerprint density at radius 1 is 0.939 bits per heavy atom. The Bertz CT molecular complexity index is 1150. The maximum absolute atomic E-state index is 15.4. The van der Waals surface area contributed by atoms with E-state index in [2.05, 4.69) is 5.32 Å². The zero-order valence-corrected chi connectivity index (χ0v) is 18.4. The highest BCUT2D eigenvalue weighted by atomic mass is 19.3. The number of likely N-dealkylation sites (tertiary alicyclic amines) is 1. The van der Waals surface area contributed by atoms with E-state index in [1.807, 2.05) is 12.1 Å². The molecule has 1 N–H and O–H groups in total. The fraction of sp³-hybridized carbons (Fsp3) is 0.370. The molecule has 1 amide bonds. The zero-order valence-electron chi connectivity index (χ0n) is 18.4. The highest BCUT2D eigenvalue weighted by molar-refractivity contribution is 5.93. The van der Waals surface area contributed by atoms with Crippen molar-refractivity contribution in [3.05, 3.63) is 83.7 Å². The number of alkyl halides is 2. The number of hydrogen-bond donors (Lipinski definition) is 1. The van der Waals surface area contributed by atoms with Crippen molar-refractivity contribution in [2.24, 2.45) is 5.41 Å². The number of hydrogen-bond acceptors (Lipinski definition) is 2. The topological polar surface area (TPSA) is 32.3 Å². The van der Waals surface area contributed by atoms with Gasteiger partial charge < -0.3 is 10.2 Å².